The van der Waals surface area contributed by atoms with E-state index in [0.29, 0.717) is 25.2 Å². The first kappa shape index (κ1) is 22.0. The summed E-state index contributed by atoms with van der Waals surface area (Å²) in [6.07, 6.45) is 5.17. The van der Waals surface area contributed by atoms with E-state index >= 15 is 0 Å². The zero-order chi connectivity index (χ0) is 22.5. The van der Waals surface area contributed by atoms with Crippen LogP contribution in [0.25, 0.3) is 10.9 Å². The monoisotopic (exact) mass is 446 g/mol. The maximum Gasteiger partial charge on any atom is 0.223 e. The van der Waals surface area contributed by atoms with Crippen molar-refractivity contribution in [3.05, 3.63) is 59.8 Å². The summed E-state index contributed by atoms with van der Waals surface area (Å²) >= 11 is 1.71. The Labute approximate surface area is 192 Å². The van der Waals surface area contributed by atoms with Crippen LogP contribution in [0.3, 0.4) is 0 Å². The van der Waals surface area contributed by atoms with E-state index in [2.05, 4.69) is 45.5 Å². The van der Waals surface area contributed by atoms with Gasteiger partial charge in [0.25, 0.3) is 0 Å². The van der Waals surface area contributed by atoms with Crippen LogP contribution < -0.4 is 15.0 Å². The predicted molar refractivity (Wildman–Crippen MR) is 128 cm³/mol. The van der Waals surface area contributed by atoms with E-state index in [1.165, 1.54) is 4.90 Å². The number of nitrogens with zero attached hydrogens (tertiary/aromatic N) is 3. The summed E-state index contributed by atoms with van der Waals surface area (Å²) in [5.74, 6) is 0.806. The Kier molecular flexibility index (Phi) is 6.81. The van der Waals surface area contributed by atoms with Crippen molar-refractivity contribution < 1.29 is 9.53 Å². The summed E-state index contributed by atoms with van der Waals surface area (Å²) in [6, 6.07) is 16.2. The van der Waals surface area contributed by atoms with Crippen molar-refractivity contribution in [1.29, 1.82) is 5.26 Å². The largest absolute Gasteiger partial charge is 0.497 e. The van der Waals surface area contributed by atoms with Gasteiger partial charge in [0.05, 0.1) is 23.9 Å². The number of thioether (sulfide) groups is 1. The number of pyridine rings is 1. The second kappa shape index (κ2) is 9.92. The fourth-order valence-corrected chi connectivity index (χ4v) is 4.56. The first-order valence-corrected chi connectivity index (χ1v) is 11.9. The number of aromatic nitrogens is 1. The number of anilines is 1. The Morgan fingerprint density at radius 1 is 1.25 bits per heavy atom. The summed E-state index contributed by atoms with van der Waals surface area (Å²) in [4.78, 5) is 20.6. The smallest absolute Gasteiger partial charge is 0.223 e. The topological polar surface area (TPSA) is 78.2 Å². The van der Waals surface area contributed by atoms with E-state index in [0.717, 1.165) is 40.7 Å². The molecule has 1 saturated heterocycles. The molecule has 1 aromatic heterocycles. The number of piperidine rings is 1. The van der Waals surface area contributed by atoms with Crippen LogP contribution in [0.15, 0.2) is 53.6 Å². The highest BCUT2D eigenvalue weighted by Gasteiger charge is 2.27. The Morgan fingerprint density at radius 2 is 2.00 bits per heavy atom. The molecule has 32 heavy (non-hydrogen) atoms. The van der Waals surface area contributed by atoms with Gasteiger partial charge in [-0.15, -0.1) is 11.8 Å². The van der Waals surface area contributed by atoms with Gasteiger partial charge in [-0.25, -0.2) is 0 Å². The number of rotatable bonds is 6. The van der Waals surface area contributed by atoms with E-state index in [-0.39, 0.29) is 11.8 Å². The lowest BCUT2D eigenvalue weighted by Gasteiger charge is -2.34. The molecule has 1 N–H and O–H groups in total. The highest BCUT2D eigenvalue weighted by Crippen LogP contribution is 2.34. The first-order chi connectivity index (χ1) is 15.6. The number of hydrogen-bond donors (Lipinski definition) is 1. The van der Waals surface area contributed by atoms with E-state index in [4.69, 9.17) is 4.74 Å². The maximum atomic E-state index is 12.7. The number of hydrogen-bond acceptors (Lipinski definition) is 6. The van der Waals surface area contributed by atoms with Crippen LogP contribution >= 0.6 is 11.8 Å². The van der Waals surface area contributed by atoms with Gasteiger partial charge >= 0.3 is 0 Å². The minimum Gasteiger partial charge on any atom is -0.497 e. The summed E-state index contributed by atoms with van der Waals surface area (Å²) in [5, 5.41) is 13.7. The molecule has 7 heteroatoms. The van der Waals surface area contributed by atoms with Crippen molar-refractivity contribution in [2.75, 3.05) is 31.4 Å². The molecule has 0 unspecified atom stereocenters. The van der Waals surface area contributed by atoms with Crippen LogP contribution in [0, 0.1) is 17.2 Å². The van der Waals surface area contributed by atoms with Crippen molar-refractivity contribution in [3.8, 4) is 11.8 Å². The van der Waals surface area contributed by atoms with Crippen molar-refractivity contribution in [1.82, 2.24) is 10.3 Å². The number of nitrogens with one attached hydrogen (secondary N) is 1. The number of ether oxygens (including phenoxy) is 1. The molecule has 1 fully saturated rings. The zero-order valence-corrected chi connectivity index (χ0v) is 19.1. The summed E-state index contributed by atoms with van der Waals surface area (Å²) < 4.78 is 5.38. The molecule has 4 rings (SSSR count). The number of carbonyl (C=O) groups is 1. The predicted octanol–water partition coefficient (Wildman–Crippen LogP) is 4.37. The van der Waals surface area contributed by atoms with Crippen LogP contribution in [0.2, 0.25) is 0 Å². The average Bonchev–Trinajstić information content (AvgIpc) is 2.86. The van der Waals surface area contributed by atoms with Crippen molar-refractivity contribution in [2.24, 2.45) is 5.92 Å². The number of nitriles is 1. The van der Waals surface area contributed by atoms with Gasteiger partial charge in [-0.05, 0) is 55.0 Å². The highest BCUT2D eigenvalue weighted by atomic mass is 32.2. The van der Waals surface area contributed by atoms with Crippen molar-refractivity contribution in [2.45, 2.75) is 24.3 Å². The molecule has 0 aliphatic carbocycles. The molecular formula is C25H26N4O2S. The molecule has 0 spiro atoms. The molecular weight excluding hydrogens is 420 g/mol. The Morgan fingerprint density at radius 3 is 2.66 bits per heavy atom. The van der Waals surface area contributed by atoms with Crippen molar-refractivity contribution in [3.63, 3.8) is 0 Å². The Bertz CT molecular complexity index is 1150. The molecule has 2 aromatic carbocycles. The minimum atomic E-state index is -0.0232. The van der Waals surface area contributed by atoms with Gasteiger partial charge < -0.3 is 15.0 Å². The van der Waals surface area contributed by atoms with E-state index in [1.807, 2.05) is 24.5 Å². The number of benzene rings is 2. The highest BCUT2D eigenvalue weighted by molar-refractivity contribution is 7.98. The van der Waals surface area contributed by atoms with Crippen LogP contribution in [0.5, 0.6) is 5.75 Å². The molecule has 3 aromatic rings. The second-order valence-electron chi connectivity index (χ2n) is 7.84. The Balaban J connectivity index is 1.43. The standard InChI is InChI=1S/C25H26N4O2S/c1-31-20-5-8-23-22(13-20)24(19(14-26)16-27-23)29-11-9-18(10-12-29)25(30)28-15-17-3-6-21(32-2)7-4-17/h3-8,13,16,18H,9-12,15H2,1-2H3,(H,28,30). The maximum absolute atomic E-state index is 12.7. The average molecular weight is 447 g/mol. The third-order valence-corrected chi connectivity index (χ3v) is 6.72. The van der Waals surface area contributed by atoms with Gasteiger partial charge in [0.2, 0.25) is 5.91 Å². The van der Waals surface area contributed by atoms with Gasteiger partial charge in [0.15, 0.2) is 0 Å². The normalized spacial score (nSPS) is 14.2. The van der Waals surface area contributed by atoms with Gasteiger partial charge in [-0.1, -0.05) is 12.1 Å². The molecule has 0 radical (unpaired) electrons. The molecule has 164 valence electrons. The third kappa shape index (κ3) is 4.66. The minimum absolute atomic E-state index is 0.0232. The molecule has 1 aliphatic heterocycles. The summed E-state index contributed by atoms with van der Waals surface area (Å²) in [6.45, 7) is 1.97. The SMILES string of the molecule is COc1ccc2ncc(C#N)c(N3CCC(C(=O)NCc4ccc(SC)cc4)CC3)c2c1. The number of carbonyl (C=O) groups excluding carboxylic acids is 1. The van der Waals surface area contributed by atoms with Crippen LogP contribution in [0.1, 0.15) is 24.0 Å². The molecule has 0 saturated carbocycles. The third-order valence-electron chi connectivity index (χ3n) is 5.97. The lowest BCUT2D eigenvalue weighted by atomic mass is 9.94. The molecule has 2 heterocycles. The van der Waals surface area contributed by atoms with Crippen LogP contribution in [-0.2, 0) is 11.3 Å². The molecule has 1 amide bonds. The summed E-state index contributed by atoms with van der Waals surface area (Å²) in [5.41, 5.74) is 3.35. The van der Waals surface area contributed by atoms with E-state index in [9.17, 15) is 10.1 Å². The Hall–Kier alpha value is -3.24. The fourth-order valence-electron chi connectivity index (χ4n) is 4.15. The van der Waals surface area contributed by atoms with E-state index < -0.39 is 0 Å². The molecule has 1 aliphatic rings. The fraction of sp³-hybridized carbons (Fsp3) is 0.320. The van der Waals surface area contributed by atoms with E-state index in [1.54, 1.807) is 25.1 Å². The van der Waals surface area contributed by atoms with Gasteiger partial charge in [0, 0.05) is 42.0 Å². The van der Waals surface area contributed by atoms with Gasteiger partial charge in [-0.3, -0.25) is 9.78 Å². The zero-order valence-electron chi connectivity index (χ0n) is 18.3. The molecule has 0 atom stereocenters. The van der Waals surface area contributed by atoms with Gasteiger partial charge in [0.1, 0.15) is 11.8 Å². The quantitative estimate of drug-likeness (QED) is 0.567. The van der Waals surface area contributed by atoms with Crippen LogP contribution in [0.4, 0.5) is 5.69 Å². The molecule has 6 nitrogen and oxygen atoms in total. The van der Waals surface area contributed by atoms with Crippen LogP contribution in [-0.4, -0.2) is 37.3 Å². The number of methoxy groups -OCH3 is 1. The second-order valence-corrected chi connectivity index (χ2v) is 8.72. The lowest BCUT2D eigenvalue weighted by molar-refractivity contribution is -0.125. The number of fused-ring (bicyclic) bond motifs is 1. The number of amides is 1. The van der Waals surface area contributed by atoms with Gasteiger partial charge in [-0.2, -0.15) is 5.26 Å². The van der Waals surface area contributed by atoms with Crippen molar-refractivity contribution >= 4 is 34.3 Å². The summed E-state index contributed by atoms with van der Waals surface area (Å²) in [7, 11) is 1.63. The lowest BCUT2D eigenvalue weighted by Crippen LogP contribution is -2.40. The first-order valence-electron chi connectivity index (χ1n) is 10.7. The molecule has 0 bridgehead atoms.